The van der Waals surface area contributed by atoms with Gasteiger partial charge >= 0.3 is 0 Å². The van der Waals surface area contributed by atoms with Gasteiger partial charge in [-0.25, -0.2) is 9.97 Å². The summed E-state index contributed by atoms with van der Waals surface area (Å²) in [6.07, 6.45) is 5.79. The third-order valence-electron chi connectivity index (χ3n) is 4.59. The highest BCUT2D eigenvalue weighted by molar-refractivity contribution is 7.18. The van der Waals surface area contributed by atoms with Crippen molar-refractivity contribution in [3.05, 3.63) is 89.5 Å². The fourth-order valence-corrected chi connectivity index (χ4v) is 4.16. The van der Waals surface area contributed by atoms with Gasteiger partial charge in [-0.05, 0) is 25.0 Å². The fraction of sp³-hybridized carbons (Fsp3) is 0.0833. The molecule has 0 saturated carbocycles. The monoisotopic (exact) mass is 368 g/mol. The molecule has 0 radical (unpaired) electrons. The number of hydrogen-bond acceptors (Lipinski definition) is 3. The molecule has 2 heterocycles. The number of allylic oxidation sites excluding steroid dienone is 2. The van der Waals surface area contributed by atoms with Crippen LogP contribution in [0, 0.1) is 13.8 Å². The molecule has 0 atom stereocenters. The van der Waals surface area contributed by atoms with Crippen molar-refractivity contribution in [2.45, 2.75) is 13.8 Å². The average molecular weight is 369 g/mol. The summed E-state index contributed by atoms with van der Waals surface area (Å²) in [5.41, 5.74) is 7.51. The quantitative estimate of drug-likeness (QED) is 0.368. The number of benzene rings is 2. The highest BCUT2D eigenvalue weighted by atomic mass is 32.1. The Morgan fingerprint density at radius 2 is 1.52 bits per heavy atom. The largest absolute Gasteiger partial charge is 0.248 e. The van der Waals surface area contributed by atoms with Crippen LogP contribution in [0.1, 0.15) is 16.1 Å². The molecule has 0 fully saturated rings. The van der Waals surface area contributed by atoms with Gasteiger partial charge in [0.1, 0.15) is 10.3 Å². The first kappa shape index (κ1) is 17.4. The van der Waals surface area contributed by atoms with Gasteiger partial charge in [0.2, 0.25) is 0 Å². The topological polar surface area (TPSA) is 25.8 Å². The van der Waals surface area contributed by atoms with E-state index in [-0.39, 0.29) is 0 Å². The third-order valence-corrected chi connectivity index (χ3v) is 5.59. The van der Waals surface area contributed by atoms with Crippen molar-refractivity contribution >= 4 is 27.8 Å². The van der Waals surface area contributed by atoms with Crippen LogP contribution in [0.2, 0.25) is 0 Å². The maximum atomic E-state index is 4.93. The minimum absolute atomic E-state index is 0.945. The summed E-state index contributed by atoms with van der Waals surface area (Å²) in [5.74, 6) is 0. The second kappa shape index (κ2) is 7.29. The third kappa shape index (κ3) is 3.34. The Labute approximate surface area is 163 Å². The van der Waals surface area contributed by atoms with Crippen LogP contribution in [0.25, 0.3) is 38.8 Å². The lowest BCUT2D eigenvalue weighted by Crippen LogP contribution is -1.93. The molecule has 2 aromatic carbocycles. The van der Waals surface area contributed by atoms with E-state index >= 15 is 0 Å². The smallest absolute Gasteiger partial charge is 0.143 e. The van der Waals surface area contributed by atoms with Crippen LogP contribution in [-0.4, -0.2) is 9.97 Å². The van der Waals surface area contributed by atoms with E-state index in [1.165, 1.54) is 16.0 Å². The van der Waals surface area contributed by atoms with E-state index in [9.17, 15) is 0 Å². The number of aromatic nitrogens is 2. The molecule has 0 saturated heterocycles. The maximum absolute atomic E-state index is 4.93. The molecule has 0 N–H and O–H groups in total. The number of rotatable bonds is 4. The molecular formula is C24H20N2S. The summed E-state index contributed by atoms with van der Waals surface area (Å²) in [6.45, 7) is 7.89. The first-order valence-electron chi connectivity index (χ1n) is 8.90. The van der Waals surface area contributed by atoms with Crippen molar-refractivity contribution < 1.29 is 0 Å². The Hall–Kier alpha value is -3.04. The van der Waals surface area contributed by atoms with Gasteiger partial charge in [0, 0.05) is 16.0 Å². The van der Waals surface area contributed by atoms with Gasteiger partial charge < -0.3 is 0 Å². The van der Waals surface area contributed by atoms with Gasteiger partial charge in [0.25, 0.3) is 0 Å². The summed E-state index contributed by atoms with van der Waals surface area (Å²) < 4.78 is 0. The molecule has 4 rings (SSSR count). The van der Waals surface area contributed by atoms with Crippen molar-refractivity contribution in [1.29, 1.82) is 0 Å². The van der Waals surface area contributed by atoms with Crippen LogP contribution in [-0.2, 0) is 0 Å². The summed E-state index contributed by atoms with van der Waals surface area (Å²) in [6, 6.07) is 19.0. The second-order valence-electron chi connectivity index (χ2n) is 6.42. The number of hydrogen-bond donors (Lipinski definition) is 0. The average Bonchev–Trinajstić information content (AvgIpc) is 3.00. The van der Waals surface area contributed by atoms with Crippen molar-refractivity contribution in [2.75, 3.05) is 0 Å². The molecule has 3 heteroatoms. The molecule has 0 bridgehead atoms. The van der Waals surface area contributed by atoms with Gasteiger partial charge in [0.05, 0.1) is 11.4 Å². The molecule has 2 nitrogen and oxygen atoms in total. The Morgan fingerprint density at radius 1 is 0.852 bits per heavy atom. The number of aryl methyl sites for hydroxylation is 2. The molecule has 27 heavy (non-hydrogen) atoms. The van der Waals surface area contributed by atoms with Crippen LogP contribution < -0.4 is 0 Å². The zero-order valence-electron chi connectivity index (χ0n) is 15.4. The van der Waals surface area contributed by atoms with E-state index in [2.05, 4.69) is 68.1 Å². The minimum atomic E-state index is 0.945. The zero-order chi connectivity index (χ0) is 18.8. The van der Waals surface area contributed by atoms with Gasteiger partial charge in [-0.15, -0.1) is 11.3 Å². The molecule has 0 aliphatic rings. The predicted molar refractivity (Wildman–Crippen MR) is 117 cm³/mol. The highest BCUT2D eigenvalue weighted by Crippen LogP contribution is 2.33. The van der Waals surface area contributed by atoms with E-state index in [1.807, 2.05) is 19.1 Å². The SMILES string of the molecule is C=C/C=C\c1c(C)sc2nc(-c3ccc(-c4ccccc4)cc3)c(C)nc12. The molecule has 132 valence electrons. The second-order valence-corrected chi connectivity index (χ2v) is 7.62. The molecular weight excluding hydrogens is 348 g/mol. The number of thiophene rings is 1. The van der Waals surface area contributed by atoms with Crippen molar-refractivity contribution in [2.24, 2.45) is 0 Å². The lowest BCUT2D eigenvalue weighted by Gasteiger charge is -2.07. The lowest BCUT2D eigenvalue weighted by molar-refractivity contribution is 1.20. The van der Waals surface area contributed by atoms with Gasteiger partial charge in [0.15, 0.2) is 0 Å². The first-order valence-corrected chi connectivity index (χ1v) is 9.71. The summed E-state index contributed by atoms with van der Waals surface area (Å²) >= 11 is 1.69. The van der Waals surface area contributed by atoms with Gasteiger partial charge in [-0.2, -0.15) is 0 Å². The first-order chi connectivity index (χ1) is 13.2. The minimum Gasteiger partial charge on any atom is -0.248 e. The van der Waals surface area contributed by atoms with Crippen LogP contribution in [0.15, 0.2) is 73.3 Å². The number of fused-ring (bicyclic) bond motifs is 1. The zero-order valence-corrected chi connectivity index (χ0v) is 16.3. The summed E-state index contributed by atoms with van der Waals surface area (Å²) in [5, 5.41) is 0. The van der Waals surface area contributed by atoms with Crippen LogP contribution in [0.4, 0.5) is 0 Å². The molecule has 4 aromatic rings. The van der Waals surface area contributed by atoms with Gasteiger partial charge in [-0.1, -0.05) is 79.4 Å². The molecule has 2 aromatic heterocycles. The molecule has 0 spiro atoms. The summed E-state index contributed by atoms with van der Waals surface area (Å²) in [7, 11) is 0. The Morgan fingerprint density at radius 3 is 2.22 bits per heavy atom. The van der Waals surface area contributed by atoms with E-state index in [1.54, 1.807) is 17.4 Å². The molecule has 0 amide bonds. The van der Waals surface area contributed by atoms with Crippen molar-refractivity contribution in [3.63, 3.8) is 0 Å². The van der Waals surface area contributed by atoms with E-state index in [4.69, 9.17) is 9.97 Å². The standard InChI is InChI=1S/C24H20N2S/c1-4-5-11-21-17(3)27-24-23(21)25-16(2)22(26-24)20-14-12-19(13-15-20)18-9-7-6-8-10-18/h4-15H,1H2,2-3H3/b11-5-. The maximum Gasteiger partial charge on any atom is 0.143 e. The predicted octanol–water partition coefficient (Wildman–Crippen LogP) is 6.84. The normalized spacial score (nSPS) is 11.3. The highest BCUT2D eigenvalue weighted by Gasteiger charge is 2.14. The van der Waals surface area contributed by atoms with Gasteiger partial charge in [-0.3, -0.25) is 0 Å². The van der Waals surface area contributed by atoms with E-state index < -0.39 is 0 Å². The van der Waals surface area contributed by atoms with Crippen LogP contribution in [0.5, 0.6) is 0 Å². The van der Waals surface area contributed by atoms with Crippen molar-refractivity contribution in [3.8, 4) is 22.4 Å². The van der Waals surface area contributed by atoms with Crippen molar-refractivity contribution in [1.82, 2.24) is 9.97 Å². The Bertz CT molecular complexity index is 1140. The molecule has 0 aliphatic heterocycles. The van der Waals surface area contributed by atoms with Crippen LogP contribution >= 0.6 is 11.3 Å². The Balaban J connectivity index is 1.77. The lowest BCUT2D eigenvalue weighted by atomic mass is 10.0. The Kier molecular flexibility index (Phi) is 4.69. The summed E-state index contributed by atoms with van der Waals surface area (Å²) in [4.78, 5) is 12.0. The van der Waals surface area contributed by atoms with E-state index in [0.29, 0.717) is 0 Å². The van der Waals surface area contributed by atoms with E-state index in [0.717, 1.165) is 32.9 Å². The number of nitrogens with zero attached hydrogens (tertiary/aromatic N) is 2. The van der Waals surface area contributed by atoms with Crippen LogP contribution in [0.3, 0.4) is 0 Å². The molecule has 0 unspecified atom stereocenters. The fourth-order valence-electron chi connectivity index (χ4n) is 3.20. The molecule has 0 aliphatic carbocycles.